The van der Waals surface area contributed by atoms with Gasteiger partial charge >= 0.3 is 158 Å². The second-order valence-corrected chi connectivity index (χ2v) is 10.0. The van der Waals surface area contributed by atoms with Crippen LogP contribution in [-0.2, 0) is 9.35 Å². The van der Waals surface area contributed by atoms with Crippen molar-refractivity contribution in [3.05, 3.63) is 95.1 Å². The summed E-state index contributed by atoms with van der Waals surface area (Å²) in [5.74, 6) is 0.535. The van der Waals surface area contributed by atoms with Crippen molar-refractivity contribution < 1.29 is 18.7 Å². The van der Waals surface area contributed by atoms with Gasteiger partial charge in [0, 0.05) is 0 Å². The van der Waals surface area contributed by atoms with Crippen molar-refractivity contribution in [1.82, 2.24) is 0 Å². The fourth-order valence-corrected chi connectivity index (χ4v) is 6.61. The molecule has 0 aliphatic carbocycles. The average Bonchev–Trinajstić information content (AvgIpc) is 3.40. The molecule has 0 amide bonds. The van der Waals surface area contributed by atoms with E-state index >= 15 is 0 Å². The van der Waals surface area contributed by atoms with Gasteiger partial charge in [0.15, 0.2) is 0 Å². The van der Waals surface area contributed by atoms with Crippen LogP contribution in [0.25, 0.3) is 0 Å². The normalized spacial score (nSPS) is 18.1. The van der Waals surface area contributed by atoms with Gasteiger partial charge in [0.2, 0.25) is 0 Å². The van der Waals surface area contributed by atoms with Crippen LogP contribution in [0.3, 0.4) is 0 Å². The van der Waals surface area contributed by atoms with E-state index in [-0.39, 0.29) is 5.52 Å². The van der Waals surface area contributed by atoms with Crippen molar-refractivity contribution in [2.24, 2.45) is 0 Å². The molecule has 1 aliphatic rings. The SMILES string of the molecule is Cc1cc(C)c(C(=O)P2(Oc3ccccc3)(c3ccccc3)OO2)c(C)c1. The Morgan fingerprint density at radius 2 is 1.33 bits per heavy atom. The zero-order valence-corrected chi connectivity index (χ0v) is 16.4. The minimum atomic E-state index is -4.18. The first-order valence-electron chi connectivity index (χ1n) is 8.80. The van der Waals surface area contributed by atoms with Crippen LogP contribution in [0, 0.1) is 20.8 Å². The maximum absolute atomic E-state index is 13.9. The summed E-state index contributed by atoms with van der Waals surface area (Å²) in [6.45, 7) is 5.87. The van der Waals surface area contributed by atoms with Gasteiger partial charge in [-0.05, 0) is 0 Å². The number of para-hydroxylation sites is 1. The Hall–Kier alpha value is -2.52. The number of aryl methyl sites for hydroxylation is 3. The molecule has 1 fully saturated rings. The average molecular weight is 380 g/mol. The van der Waals surface area contributed by atoms with Crippen LogP contribution in [0.15, 0.2) is 72.8 Å². The Bertz CT molecular complexity index is 988. The zero-order chi connectivity index (χ0) is 19.1. The van der Waals surface area contributed by atoms with Crippen LogP contribution in [0.4, 0.5) is 0 Å². The van der Waals surface area contributed by atoms with Crippen LogP contribution in [0.1, 0.15) is 27.0 Å². The molecule has 0 spiro atoms. The van der Waals surface area contributed by atoms with E-state index in [1.54, 1.807) is 12.1 Å². The quantitative estimate of drug-likeness (QED) is 0.337. The summed E-state index contributed by atoms with van der Waals surface area (Å²) in [6.07, 6.45) is 0. The minimum absolute atomic E-state index is 0.244. The molecule has 1 heterocycles. The molecule has 0 unspecified atom stereocenters. The molecule has 4 rings (SSSR count). The Morgan fingerprint density at radius 3 is 1.85 bits per heavy atom. The van der Waals surface area contributed by atoms with Gasteiger partial charge in [-0.3, -0.25) is 0 Å². The molecule has 0 atom stereocenters. The van der Waals surface area contributed by atoms with Gasteiger partial charge in [-0.2, -0.15) is 0 Å². The standard InChI is InChI=1S/C22H21O4P/c1-16-14-17(2)21(18(3)15-16)22(23)27(25-26-27,20-12-8-5-9-13-20)24-19-10-6-4-7-11-19/h4-15H,1-3H3. The number of hydrogen-bond acceptors (Lipinski definition) is 4. The summed E-state index contributed by atoms with van der Waals surface area (Å²) < 4.78 is 17.5. The predicted octanol–water partition coefficient (Wildman–Crippen LogP) is 5.42. The van der Waals surface area contributed by atoms with Crippen molar-refractivity contribution >= 4 is 18.1 Å². The summed E-state index contributed by atoms with van der Waals surface area (Å²) in [7, 11) is -4.18. The second kappa shape index (κ2) is 6.28. The predicted molar refractivity (Wildman–Crippen MR) is 107 cm³/mol. The Labute approximate surface area is 158 Å². The molecular formula is C22H21O4P. The fraction of sp³-hybridized carbons (Fsp3) is 0.136. The van der Waals surface area contributed by atoms with Crippen molar-refractivity contribution in [3.8, 4) is 5.75 Å². The number of rotatable bonds is 5. The maximum atomic E-state index is 13.9. The molecule has 0 aromatic heterocycles. The van der Waals surface area contributed by atoms with Gasteiger partial charge in [0.25, 0.3) is 0 Å². The first kappa shape index (κ1) is 17.9. The number of benzene rings is 3. The van der Waals surface area contributed by atoms with Gasteiger partial charge in [-0.15, -0.1) is 0 Å². The van der Waals surface area contributed by atoms with Gasteiger partial charge in [-0.1, -0.05) is 0 Å². The summed E-state index contributed by atoms with van der Waals surface area (Å²) in [5.41, 5.74) is 3.22. The first-order valence-corrected chi connectivity index (χ1v) is 10.8. The van der Waals surface area contributed by atoms with E-state index in [0.717, 1.165) is 16.7 Å². The summed E-state index contributed by atoms with van der Waals surface area (Å²) in [6, 6.07) is 22.4. The van der Waals surface area contributed by atoms with Crippen molar-refractivity contribution in [1.29, 1.82) is 0 Å². The van der Waals surface area contributed by atoms with Crippen LogP contribution in [0.2, 0.25) is 0 Å². The van der Waals surface area contributed by atoms with Crippen molar-refractivity contribution in [3.63, 3.8) is 0 Å². The van der Waals surface area contributed by atoms with E-state index in [0.29, 0.717) is 16.6 Å². The van der Waals surface area contributed by atoms with Gasteiger partial charge in [0.1, 0.15) is 0 Å². The Balaban J connectivity index is 1.92. The topological polar surface area (TPSA) is 51.4 Å². The number of hydrogen-bond donors (Lipinski definition) is 0. The molecule has 27 heavy (non-hydrogen) atoms. The van der Waals surface area contributed by atoms with Crippen LogP contribution < -0.4 is 9.83 Å². The van der Waals surface area contributed by atoms with E-state index in [1.807, 2.05) is 81.4 Å². The molecular weight excluding hydrogens is 359 g/mol. The van der Waals surface area contributed by atoms with Gasteiger partial charge in [-0.25, -0.2) is 0 Å². The zero-order valence-electron chi connectivity index (χ0n) is 15.5. The Kier molecular flexibility index (Phi) is 4.15. The summed E-state index contributed by atoms with van der Waals surface area (Å²) in [4.78, 5) is 13.9. The van der Waals surface area contributed by atoms with Gasteiger partial charge < -0.3 is 0 Å². The van der Waals surface area contributed by atoms with Crippen LogP contribution in [0.5, 0.6) is 5.75 Å². The van der Waals surface area contributed by atoms with E-state index in [2.05, 4.69) is 0 Å². The third kappa shape index (κ3) is 2.78. The molecule has 4 nitrogen and oxygen atoms in total. The summed E-state index contributed by atoms with van der Waals surface area (Å²) >= 11 is 0. The van der Waals surface area contributed by atoms with Gasteiger partial charge in [0.05, 0.1) is 0 Å². The molecule has 0 bridgehead atoms. The molecule has 3 aromatic rings. The van der Waals surface area contributed by atoms with Crippen LogP contribution in [-0.4, -0.2) is 5.52 Å². The van der Waals surface area contributed by atoms with Crippen molar-refractivity contribution in [2.45, 2.75) is 20.8 Å². The van der Waals surface area contributed by atoms with Crippen LogP contribution >= 0.6 is 7.28 Å². The summed E-state index contributed by atoms with van der Waals surface area (Å²) in [5, 5.41) is 0.622. The monoisotopic (exact) mass is 380 g/mol. The number of carbonyl (C=O) groups excluding carboxylic acids is 1. The third-order valence-corrected chi connectivity index (χ3v) is 7.97. The third-order valence-electron chi connectivity index (χ3n) is 4.74. The van der Waals surface area contributed by atoms with E-state index < -0.39 is 7.28 Å². The number of carbonyl (C=O) groups is 1. The molecule has 1 aliphatic heterocycles. The first-order chi connectivity index (χ1) is 12.9. The molecule has 3 aromatic carbocycles. The molecule has 1 saturated heterocycles. The van der Waals surface area contributed by atoms with E-state index in [1.165, 1.54) is 0 Å². The second-order valence-electron chi connectivity index (χ2n) is 6.85. The van der Waals surface area contributed by atoms with Crippen molar-refractivity contribution in [2.75, 3.05) is 0 Å². The fourth-order valence-electron chi connectivity index (χ4n) is 3.51. The molecule has 138 valence electrons. The van der Waals surface area contributed by atoms with E-state index in [9.17, 15) is 4.79 Å². The molecule has 0 saturated carbocycles. The van der Waals surface area contributed by atoms with E-state index in [4.69, 9.17) is 13.9 Å². The molecule has 0 radical (unpaired) electrons. The Morgan fingerprint density at radius 1 is 0.815 bits per heavy atom. The molecule has 0 N–H and O–H groups in total. The molecule has 5 heteroatoms.